The number of methoxy groups -OCH3 is 1. The molecule has 0 fully saturated rings. The minimum absolute atomic E-state index is 0.0804. The zero-order valence-electron chi connectivity index (χ0n) is 7.38. The largest absolute Gasteiger partial charge is 0.496 e. The van der Waals surface area contributed by atoms with E-state index in [0.29, 0.717) is 4.47 Å². The van der Waals surface area contributed by atoms with Crippen molar-refractivity contribution in [3.05, 3.63) is 28.2 Å². The molecule has 0 aliphatic heterocycles. The lowest BCUT2D eigenvalue weighted by atomic mass is 10.1. The number of hydrogen-bond donors (Lipinski definition) is 1. The van der Waals surface area contributed by atoms with Gasteiger partial charge in [-0.3, -0.25) is 0 Å². The molecule has 1 rings (SSSR count). The van der Waals surface area contributed by atoms with Crippen molar-refractivity contribution in [1.29, 1.82) is 0 Å². The van der Waals surface area contributed by atoms with Gasteiger partial charge in [-0.05, 0) is 18.2 Å². The third-order valence-electron chi connectivity index (χ3n) is 1.75. The number of benzene rings is 1. The Bertz CT molecular complexity index is 318. The Labute approximate surface area is 88.6 Å². The van der Waals surface area contributed by atoms with Gasteiger partial charge in [0.2, 0.25) is 0 Å². The van der Waals surface area contributed by atoms with Crippen LogP contribution in [0.1, 0.15) is 11.7 Å². The second kappa shape index (κ2) is 4.70. The average Bonchev–Trinajstić information content (AvgIpc) is 2.16. The Hall–Kier alpha value is -0.680. The number of alkyl halides is 2. The molecule has 0 saturated heterocycles. The van der Waals surface area contributed by atoms with Gasteiger partial charge in [0, 0.05) is 10.0 Å². The maximum Gasteiger partial charge on any atom is 0.268 e. The molecule has 14 heavy (non-hydrogen) atoms. The molecular formula is C9H9BrF2O2. The fraction of sp³-hybridized carbons (Fsp3) is 0.333. The number of ether oxygens (including phenoxy) is 1. The van der Waals surface area contributed by atoms with Gasteiger partial charge in [-0.25, -0.2) is 8.78 Å². The molecule has 0 heterocycles. The highest BCUT2D eigenvalue weighted by Gasteiger charge is 2.22. The van der Waals surface area contributed by atoms with E-state index in [1.165, 1.54) is 19.2 Å². The molecule has 1 unspecified atom stereocenters. The van der Waals surface area contributed by atoms with Crippen molar-refractivity contribution in [3.63, 3.8) is 0 Å². The fourth-order valence-electron chi connectivity index (χ4n) is 1.07. The summed E-state index contributed by atoms with van der Waals surface area (Å²) in [6, 6.07) is 4.58. The summed E-state index contributed by atoms with van der Waals surface area (Å²) in [6.07, 6.45) is -4.64. The topological polar surface area (TPSA) is 29.5 Å². The molecule has 5 heteroatoms. The molecule has 1 atom stereocenters. The van der Waals surface area contributed by atoms with E-state index < -0.39 is 12.5 Å². The highest BCUT2D eigenvalue weighted by atomic mass is 79.9. The van der Waals surface area contributed by atoms with E-state index in [9.17, 15) is 13.9 Å². The molecule has 1 aromatic rings. The summed E-state index contributed by atoms with van der Waals surface area (Å²) >= 11 is 3.13. The molecule has 0 saturated carbocycles. The lowest BCUT2D eigenvalue weighted by Gasteiger charge is -2.14. The third kappa shape index (κ3) is 2.42. The molecular weight excluding hydrogens is 258 g/mol. The van der Waals surface area contributed by atoms with E-state index in [1.54, 1.807) is 6.07 Å². The Morgan fingerprint density at radius 3 is 2.57 bits per heavy atom. The zero-order valence-corrected chi connectivity index (χ0v) is 8.96. The van der Waals surface area contributed by atoms with Gasteiger partial charge in [0.25, 0.3) is 6.43 Å². The average molecular weight is 267 g/mol. The Kier molecular flexibility index (Phi) is 3.83. The Balaban J connectivity index is 3.10. The van der Waals surface area contributed by atoms with Gasteiger partial charge in [-0.1, -0.05) is 15.9 Å². The first-order chi connectivity index (χ1) is 6.56. The van der Waals surface area contributed by atoms with Crippen LogP contribution in [0.2, 0.25) is 0 Å². The van der Waals surface area contributed by atoms with E-state index in [1.807, 2.05) is 0 Å². The number of aliphatic hydroxyl groups is 1. The molecule has 0 aliphatic rings. The molecule has 0 aromatic heterocycles. The Morgan fingerprint density at radius 2 is 2.07 bits per heavy atom. The first-order valence-corrected chi connectivity index (χ1v) is 4.65. The van der Waals surface area contributed by atoms with Crippen molar-refractivity contribution in [2.24, 2.45) is 0 Å². The van der Waals surface area contributed by atoms with Gasteiger partial charge >= 0.3 is 0 Å². The van der Waals surface area contributed by atoms with Gasteiger partial charge in [0.15, 0.2) is 0 Å². The molecule has 0 amide bonds. The minimum Gasteiger partial charge on any atom is -0.496 e. The SMILES string of the molecule is COc1ccc(Br)cc1C(O)C(F)F. The van der Waals surface area contributed by atoms with E-state index in [4.69, 9.17) is 4.74 Å². The first-order valence-electron chi connectivity index (χ1n) is 3.86. The van der Waals surface area contributed by atoms with E-state index >= 15 is 0 Å². The molecule has 1 N–H and O–H groups in total. The predicted molar refractivity (Wildman–Crippen MR) is 51.7 cm³/mol. The smallest absolute Gasteiger partial charge is 0.268 e. The maximum atomic E-state index is 12.2. The van der Waals surface area contributed by atoms with Gasteiger partial charge in [-0.2, -0.15) is 0 Å². The monoisotopic (exact) mass is 266 g/mol. The van der Waals surface area contributed by atoms with Gasteiger partial charge in [-0.15, -0.1) is 0 Å². The molecule has 0 aliphatic carbocycles. The predicted octanol–water partition coefficient (Wildman–Crippen LogP) is 2.76. The van der Waals surface area contributed by atoms with Gasteiger partial charge < -0.3 is 9.84 Å². The summed E-state index contributed by atoms with van der Waals surface area (Å²) < 4.78 is 30.0. The lowest BCUT2D eigenvalue weighted by molar-refractivity contribution is -0.00701. The molecule has 1 aromatic carbocycles. The number of halogens is 3. The summed E-state index contributed by atoms with van der Waals surface area (Å²) in [5.74, 6) is 0.251. The zero-order chi connectivity index (χ0) is 10.7. The van der Waals surface area contributed by atoms with E-state index in [2.05, 4.69) is 15.9 Å². The van der Waals surface area contributed by atoms with Gasteiger partial charge in [0.05, 0.1) is 7.11 Å². The fourth-order valence-corrected chi connectivity index (χ4v) is 1.45. The normalized spacial score (nSPS) is 13.0. The summed E-state index contributed by atoms with van der Waals surface area (Å²) in [4.78, 5) is 0. The number of rotatable bonds is 3. The van der Waals surface area contributed by atoms with Crippen LogP contribution in [0.3, 0.4) is 0 Å². The highest BCUT2D eigenvalue weighted by molar-refractivity contribution is 9.10. The van der Waals surface area contributed by atoms with Crippen LogP contribution in [0.25, 0.3) is 0 Å². The van der Waals surface area contributed by atoms with Crippen molar-refractivity contribution in [2.45, 2.75) is 12.5 Å². The Morgan fingerprint density at radius 1 is 1.43 bits per heavy atom. The van der Waals surface area contributed by atoms with Crippen LogP contribution < -0.4 is 4.74 Å². The minimum atomic E-state index is -2.82. The first kappa shape index (κ1) is 11.4. The quantitative estimate of drug-likeness (QED) is 0.912. The van der Waals surface area contributed by atoms with Crippen LogP contribution in [0.5, 0.6) is 5.75 Å². The summed E-state index contributed by atoms with van der Waals surface area (Å²) in [6.45, 7) is 0. The maximum absolute atomic E-state index is 12.2. The molecule has 78 valence electrons. The van der Waals surface area contributed by atoms with Crippen LogP contribution in [0.4, 0.5) is 8.78 Å². The van der Waals surface area contributed by atoms with Crippen molar-refractivity contribution in [3.8, 4) is 5.75 Å². The van der Waals surface area contributed by atoms with Crippen LogP contribution in [0, 0.1) is 0 Å². The van der Waals surface area contributed by atoms with E-state index in [-0.39, 0.29) is 11.3 Å². The second-order valence-corrected chi connectivity index (χ2v) is 3.58. The number of hydrogen-bond acceptors (Lipinski definition) is 2. The standard InChI is InChI=1S/C9H9BrF2O2/c1-14-7-3-2-5(10)4-6(7)8(13)9(11)12/h2-4,8-9,13H,1H3. The lowest BCUT2D eigenvalue weighted by Crippen LogP contribution is -2.09. The highest BCUT2D eigenvalue weighted by Crippen LogP contribution is 2.31. The second-order valence-electron chi connectivity index (χ2n) is 2.67. The van der Waals surface area contributed by atoms with Crippen LogP contribution in [0.15, 0.2) is 22.7 Å². The molecule has 2 nitrogen and oxygen atoms in total. The summed E-state index contributed by atoms with van der Waals surface area (Å²) in [5.41, 5.74) is 0.0804. The number of aliphatic hydroxyl groups excluding tert-OH is 1. The third-order valence-corrected chi connectivity index (χ3v) is 2.24. The van der Waals surface area contributed by atoms with Gasteiger partial charge in [0.1, 0.15) is 11.9 Å². The van der Waals surface area contributed by atoms with Crippen molar-refractivity contribution >= 4 is 15.9 Å². The van der Waals surface area contributed by atoms with Crippen LogP contribution in [-0.2, 0) is 0 Å². The summed E-state index contributed by atoms with van der Waals surface area (Å²) in [5, 5.41) is 9.18. The van der Waals surface area contributed by atoms with Crippen molar-refractivity contribution < 1.29 is 18.6 Å². The van der Waals surface area contributed by atoms with Crippen LogP contribution in [-0.4, -0.2) is 18.6 Å². The summed E-state index contributed by atoms with van der Waals surface area (Å²) in [7, 11) is 1.37. The van der Waals surface area contributed by atoms with E-state index in [0.717, 1.165) is 0 Å². The molecule has 0 spiro atoms. The van der Waals surface area contributed by atoms with Crippen LogP contribution >= 0.6 is 15.9 Å². The molecule has 0 radical (unpaired) electrons. The van der Waals surface area contributed by atoms with Crippen molar-refractivity contribution in [2.75, 3.05) is 7.11 Å². The van der Waals surface area contributed by atoms with Crippen molar-refractivity contribution in [1.82, 2.24) is 0 Å². The molecule has 0 bridgehead atoms.